The van der Waals surface area contributed by atoms with Crippen LogP contribution in [0, 0.1) is 24.5 Å². The summed E-state index contributed by atoms with van der Waals surface area (Å²) in [6, 6.07) is 10.3. The number of halogens is 4. The van der Waals surface area contributed by atoms with E-state index in [1.165, 1.54) is 38.1 Å². The van der Waals surface area contributed by atoms with Crippen molar-refractivity contribution in [3.63, 3.8) is 0 Å². The summed E-state index contributed by atoms with van der Waals surface area (Å²) >= 11 is 0. The normalized spacial score (nSPS) is 15.1. The minimum Gasteiger partial charge on any atom is -0.432 e. The number of nitrogens with one attached hydrogen (secondary N) is 1. The number of aryl methyl sites for hydroxylation is 1. The van der Waals surface area contributed by atoms with Gasteiger partial charge in [0.2, 0.25) is 0 Å². The fourth-order valence-electron chi connectivity index (χ4n) is 4.86. The molecule has 1 saturated carbocycles. The molecule has 4 aromatic rings. The molecule has 3 N–H and O–H groups in total. The predicted octanol–water partition coefficient (Wildman–Crippen LogP) is 5.13. The Kier molecular flexibility index (Phi) is 7.62. The molecule has 12 heteroatoms. The molecule has 1 amide bonds. The van der Waals surface area contributed by atoms with Crippen molar-refractivity contribution in [3.05, 3.63) is 82.7 Å². The Labute approximate surface area is 238 Å². The highest BCUT2D eigenvalue weighted by Gasteiger charge is 2.47. The van der Waals surface area contributed by atoms with Gasteiger partial charge < -0.3 is 20.3 Å². The largest absolute Gasteiger partial charge is 0.432 e. The molecule has 0 radical (unpaired) electrons. The van der Waals surface area contributed by atoms with Crippen LogP contribution >= 0.6 is 0 Å². The number of nitrogens with zero attached hydrogens (tertiary/aromatic N) is 3. The Hall–Kier alpha value is -4.16. The molecule has 5 rings (SSSR count). The minimum absolute atomic E-state index is 0.00860. The first kappa shape index (κ1) is 29.3. The first-order valence-electron chi connectivity index (χ1n) is 13.2. The SMILES string of the molecule is Cc1cc2cc(C(=O)NCC(O)(c3cc(C(C)(C)O)c(F)c(-c4ccc(F)cc4)n3)C3CC3)cc(OC(F)F)c2nn1. The van der Waals surface area contributed by atoms with Crippen LogP contribution in [-0.2, 0) is 11.2 Å². The number of benzene rings is 2. The van der Waals surface area contributed by atoms with Crippen LogP contribution in [0.2, 0.25) is 0 Å². The lowest BCUT2D eigenvalue weighted by Gasteiger charge is -2.31. The fraction of sp³-hybridized carbons (Fsp3) is 0.333. The summed E-state index contributed by atoms with van der Waals surface area (Å²) in [4.78, 5) is 17.7. The Bertz CT molecular complexity index is 1660. The number of pyridine rings is 1. The molecule has 0 spiro atoms. The number of fused-ring (bicyclic) bond motifs is 1. The average molecular weight is 585 g/mol. The van der Waals surface area contributed by atoms with E-state index in [4.69, 9.17) is 0 Å². The Morgan fingerprint density at radius 3 is 2.38 bits per heavy atom. The zero-order valence-corrected chi connectivity index (χ0v) is 23.0. The number of amides is 1. The number of hydrogen-bond acceptors (Lipinski definition) is 7. The Morgan fingerprint density at radius 2 is 1.76 bits per heavy atom. The van der Waals surface area contributed by atoms with Gasteiger partial charge >= 0.3 is 6.61 Å². The average Bonchev–Trinajstić information content (AvgIpc) is 3.77. The molecular weight excluding hydrogens is 556 g/mol. The van der Waals surface area contributed by atoms with Crippen LogP contribution < -0.4 is 10.1 Å². The third-order valence-corrected chi connectivity index (χ3v) is 7.20. The van der Waals surface area contributed by atoms with Gasteiger partial charge in [0.15, 0.2) is 11.6 Å². The highest BCUT2D eigenvalue weighted by atomic mass is 19.3. The molecule has 0 saturated heterocycles. The first-order valence-corrected chi connectivity index (χ1v) is 13.2. The third-order valence-electron chi connectivity index (χ3n) is 7.20. The number of alkyl halides is 2. The molecule has 2 aromatic heterocycles. The number of aliphatic hydroxyl groups is 2. The van der Waals surface area contributed by atoms with E-state index >= 15 is 4.39 Å². The van der Waals surface area contributed by atoms with Crippen molar-refractivity contribution in [1.29, 1.82) is 0 Å². The van der Waals surface area contributed by atoms with Gasteiger partial charge in [-0.1, -0.05) is 0 Å². The van der Waals surface area contributed by atoms with Crippen LogP contribution in [0.1, 0.15) is 54.0 Å². The van der Waals surface area contributed by atoms with Crippen molar-refractivity contribution in [2.75, 3.05) is 6.54 Å². The van der Waals surface area contributed by atoms with E-state index in [0.29, 0.717) is 23.9 Å². The monoisotopic (exact) mass is 584 g/mol. The topological polar surface area (TPSA) is 117 Å². The van der Waals surface area contributed by atoms with Gasteiger partial charge in [-0.3, -0.25) is 4.79 Å². The summed E-state index contributed by atoms with van der Waals surface area (Å²) in [5.41, 5.74) is -3.04. The quantitative estimate of drug-likeness (QED) is 0.234. The lowest BCUT2D eigenvalue weighted by Crippen LogP contribution is -2.43. The van der Waals surface area contributed by atoms with Crippen molar-refractivity contribution in [2.24, 2.45) is 5.92 Å². The van der Waals surface area contributed by atoms with Crippen molar-refractivity contribution in [3.8, 4) is 17.0 Å². The molecule has 0 aliphatic heterocycles. The molecule has 0 bridgehead atoms. The number of carbonyl (C=O) groups is 1. The highest BCUT2D eigenvalue weighted by molar-refractivity contribution is 5.99. The van der Waals surface area contributed by atoms with Crippen LogP contribution in [0.4, 0.5) is 17.6 Å². The van der Waals surface area contributed by atoms with Crippen molar-refractivity contribution < 1.29 is 37.3 Å². The molecule has 1 aliphatic carbocycles. The van der Waals surface area contributed by atoms with Gasteiger partial charge in [-0.2, -0.15) is 13.9 Å². The molecule has 220 valence electrons. The van der Waals surface area contributed by atoms with Crippen LogP contribution in [0.15, 0.2) is 48.5 Å². The van der Waals surface area contributed by atoms with E-state index in [0.717, 1.165) is 18.2 Å². The van der Waals surface area contributed by atoms with Gasteiger partial charge in [0.25, 0.3) is 5.91 Å². The zero-order chi connectivity index (χ0) is 30.4. The summed E-state index contributed by atoms with van der Waals surface area (Å²) in [5.74, 6) is -2.75. The summed E-state index contributed by atoms with van der Waals surface area (Å²) in [7, 11) is 0. The van der Waals surface area contributed by atoms with Crippen LogP contribution in [0.25, 0.3) is 22.2 Å². The maximum absolute atomic E-state index is 15.6. The minimum atomic E-state index is -3.17. The standard InChI is InChI=1S/C30H28F4N4O4/c1-15-10-17-11-18(12-22(42-28(33)34)25(17)38-37-15)27(39)35-14-30(41,19-6-7-19)23-13-21(29(2,3)40)24(32)26(36-23)16-4-8-20(31)9-5-16/h4-5,8-13,19,28,40-41H,6-7,14H2,1-3H3,(H,35,39). The lowest BCUT2D eigenvalue weighted by molar-refractivity contribution is -0.0489. The van der Waals surface area contributed by atoms with Gasteiger partial charge in [0, 0.05) is 22.1 Å². The Balaban J connectivity index is 1.52. The maximum atomic E-state index is 15.6. The van der Waals surface area contributed by atoms with Crippen LogP contribution in [0.3, 0.4) is 0 Å². The van der Waals surface area contributed by atoms with Gasteiger partial charge in [-0.15, -0.1) is 5.10 Å². The summed E-state index contributed by atoms with van der Waals surface area (Å²) in [5, 5.41) is 33.4. The first-order chi connectivity index (χ1) is 19.8. The van der Waals surface area contributed by atoms with Crippen molar-refractivity contribution in [1.82, 2.24) is 20.5 Å². The highest BCUT2D eigenvalue weighted by Crippen LogP contribution is 2.46. The molecule has 8 nitrogen and oxygen atoms in total. The number of ether oxygens (including phenoxy) is 1. The zero-order valence-electron chi connectivity index (χ0n) is 23.0. The number of rotatable bonds is 9. The molecule has 1 atom stereocenters. The summed E-state index contributed by atoms with van der Waals surface area (Å²) in [6.07, 6.45) is 1.19. The Morgan fingerprint density at radius 1 is 1.07 bits per heavy atom. The van der Waals surface area contributed by atoms with Gasteiger partial charge in [-0.05, 0) is 88.1 Å². The molecule has 1 aliphatic rings. The van der Waals surface area contributed by atoms with Gasteiger partial charge in [0.05, 0.1) is 23.5 Å². The lowest BCUT2D eigenvalue weighted by atomic mass is 9.87. The molecule has 42 heavy (non-hydrogen) atoms. The van der Waals surface area contributed by atoms with Crippen molar-refractivity contribution in [2.45, 2.75) is 51.4 Å². The van der Waals surface area contributed by atoms with E-state index < -0.39 is 35.4 Å². The second-order valence-electron chi connectivity index (χ2n) is 10.9. The van der Waals surface area contributed by atoms with E-state index in [1.54, 1.807) is 13.0 Å². The number of hydrogen-bond donors (Lipinski definition) is 3. The smallest absolute Gasteiger partial charge is 0.387 e. The summed E-state index contributed by atoms with van der Waals surface area (Å²) < 4.78 is 60.0. The number of aromatic nitrogens is 3. The number of carbonyl (C=O) groups excluding carboxylic acids is 1. The van der Waals surface area contributed by atoms with E-state index in [2.05, 4.69) is 25.2 Å². The van der Waals surface area contributed by atoms with E-state index in [9.17, 15) is 28.2 Å². The van der Waals surface area contributed by atoms with Gasteiger partial charge in [0.1, 0.15) is 22.6 Å². The predicted molar refractivity (Wildman–Crippen MR) is 145 cm³/mol. The second kappa shape index (κ2) is 10.9. The summed E-state index contributed by atoms with van der Waals surface area (Å²) in [6.45, 7) is 0.888. The molecular formula is C30H28F4N4O4. The molecule has 2 aromatic carbocycles. The van der Waals surface area contributed by atoms with Crippen molar-refractivity contribution >= 4 is 16.8 Å². The van der Waals surface area contributed by atoms with Crippen LogP contribution in [-0.4, -0.2) is 44.5 Å². The van der Waals surface area contributed by atoms with E-state index in [1.807, 2.05) is 0 Å². The molecule has 2 heterocycles. The second-order valence-corrected chi connectivity index (χ2v) is 10.9. The fourth-order valence-corrected chi connectivity index (χ4v) is 4.86. The third kappa shape index (κ3) is 5.90. The van der Waals surface area contributed by atoms with E-state index in [-0.39, 0.29) is 51.8 Å². The van der Waals surface area contributed by atoms with Gasteiger partial charge in [-0.25, -0.2) is 13.8 Å². The maximum Gasteiger partial charge on any atom is 0.387 e. The molecule has 1 unspecified atom stereocenters. The molecule has 1 fully saturated rings. The van der Waals surface area contributed by atoms with Crippen LogP contribution in [0.5, 0.6) is 5.75 Å².